The number of carbonyl (C=O) groups is 1. The lowest BCUT2D eigenvalue weighted by Crippen LogP contribution is -2.44. The lowest BCUT2D eigenvalue weighted by Gasteiger charge is -2.23. The van der Waals surface area contributed by atoms with Crippen LogP contribution in [0.15, 0.2) is 18.2 Å². The molecule has 106 valence electrons. The molecule has 0 unspecified atom stereocenters. The van der Waals surface area contributed by atoms with Gasteiger partial charge in [-0.2, -0.15) is 0 Å². The molecule has 0 bridgehead atoms. The van der Waals surface area contributed by atoms with Crippen molar-refractivity contribution in [2.45, 2.75) is 44.2 Å². The maximum atomic E-state index is 13.4. The molecule has 0 aromatic heterocycles. The zero-order chi connectivity index (χ0) is 14.6. The fourth-order valence-corrected chi connectivity index (χ4v) is 2.28. The molecule has 1 aromatic rings. The smallest absolute Gasteiger partial charge is 0.233 e. The van der Waals surface area contributed by atoms with Gasteiger partial charge in [-0.3, -0.25) is 4.79 Å². The van der Waals surface area contributed by atoms with Gasteiger partial charge >= 0.3 is 0 Å². The third-order valence-corrected chi connectivity index (χ3v) is 3.58. The molecular weight excluding hydrogens is 268 g/mol. The Morgan fingerprint density at radius 1 is 1.37 bits per heavy atom. The van der Waals surface area contributed by atoms with E-state index >= 15 is 0 Å². The highest BCUT2D eigenvalue weighted by molar-refractivity contribution is 7.99. The number of hydrogen-bond donors (Lipinski definition) is 1. The van der Waals surface area contributed by atoms with Crippen LogP contribution in [0.2, 0.25) is 0 Å². The molecule has 0 radical (unpaired) electrons. The number of rotatable bonds is 4. The summed E-state index contributed by atoms with van der Waals surface area (Å²) in [7, 11) is 0. The zero-order valence-corrected chi connectivity index (χ0v) is 12.4. The van der Waals surface area contributed by atoms with Crippen LogP contribution in [-0.2, 0) is 10.5 Å². The van der Waals surface area contributed by atoms with Gasteiger partial charge in [-0.1, -0.05) is 12.1 Å². The van der Waals surface area contributed by atoms with Crippen LogP contribution in [-0.4, -0.2) is 16.7 Å². The van der Waals surface area contributed by atoms with Crippen molar-refractivity contribution < 1.29 is 13.6 Å². The third kappa shape index (κ3) is 5.19. The van der Waals surface area contributed by atoms with Crippen molar-refractivity contribution in [1.29, 1.82) is 0 Å². The van der Waals surface area contributed by atoms with Gasteiger partial charge in [0.05, 0.1) is 5.25 Å². The Bertz CT molecular complexity index is 457. The summed E-state index contributed by atoms with van der Waals surface area (Å²) in [6.07, 6.45) is 0. The normalized spacial score (nSPS) is 13.2. The topological polar surface area (TPSA) is 29.1 Å². The van der Waals surface area contributed by atoms with Crippen LogP contribution in [0.25, 0.3) is 0 Å². The number of thioether (sulfide) groups is 1. The minimum atomic E-state index is -0.857. The van der Waals surface area contributed by atoms with Gasteiger partial charge in [0.1, 0.15) is 0 Å². The first-order chi connectivity index (χ1) is 8.70. The predicted molar refractivity (Wildman–Crippen MR) is 75.0 cm³/mol. The summed E-state index contributed by atoms with van der Waals surface area (Å²) in [4.78, 5) is 11.8. The Labute approximate surface area is 117 Å². The average Bonchev–Trinajstić information content (AvgIpc) is 2.28. The summed E-state index contributed by atoms with van der Waals surface area (Å²) >= 11 is 1.28. The standard InChI is InChI=1S/C14H19F2NOS/c1-9(13(18)17-14(2,3)4)19-8-10-6-5-7-11(15)12(10)16/h5-7,9H,8H2,1-4H3,(H,17,18)/t9-/m1/s1. The van der Waals surface area contributed by atoms with E-state index in [2.05, 4.69) is 5.32 Å². The summed E-state index contributed by atoms with van der Waals surface area (Å²) in [6.45, 7) is 7.44. The average molecular weight is 287 g/mol. The molecule has 5 heteroatoms. The Kier molecular flexibility index (Phi) is 5.35. The second-order valence-corrected chi connectivity index (χ2v) is 6.73. The molecule has 0 aliphatic rings. The van der Waals surface area contributed by atoms with Gasteiger partial charge in [0.2, 0.25) is 5.91 Å². The van der Waals surface area contributed by atoms with Crippen molar-refractivity contribution in [3.63, 3.8) is 0 Å². The van der Waals surface area contributed by atoms with Gasteiger partial charge in [0.25, 0.3) is 0 Å². The quantitative estimate of drug-likeness (QED) is 0.918. The molecule has 1 N–H and O–H groups in total. The van der Waals surface area contributed by atoms with Crippen molar-refractivity contribution in [1.82, 2.24) is 5.32 Å². The summed E-state index contributed by atoms with van der Waals surface area (Å²) in [6, 6.07) is 4.08. The van der Waals surface area contributed by atoms with Crippen LogP contribution in [0.1, 0.15) is 33.3 Å². The Hall–Kier alpha value is -1.10. The number of benzene rings is 1. The van der Waals surface area contributed by atoms with E-state index in [1.807, 2.05) is 20.8 Å². The molecule has 0 heterocycles. The monoisotopic (exact) mass is 287 g/mol. The molecule has 1 amide bonds. The fourth-order valence-electron chi connectivity index (χ4n) is 1.42. The van der Waals surface area contributed by atoms with E-state index in [0.29, 0.717) is 0 Å². The van der Waals surface area contributed by atoms with E-state index < -0.39 is 11.6 Å². The van der Waals surface area contributed by atoms with Gasteiger partial charge < -0.3 is 5.32 Å². The summed E-state index contributed by atoms with van der Waals surface area (Å²) in [5.74, 6) is -1.53. The highest BCUT2D eigenvalue weighted by Gasteiger charge is 2.20. The summed E-state index contributed by atoms with van der Waals surface area (Å²) in [5.41, 5.74) is -0.0175. The molecule has 1 rings (SSSR count). The van der Waals surface area contributed by atoms with Gasteiger partial charge in [0.15, 0.2) is 11.6 Å². The minimum absolute atomic E-state index is 0.102. The van der Waals surface area contributed by atoms with Gasteiger partial charge in [-0.05, 0) is 33.8 Å². The van der Waals surface area contributed by atoms with E-state index in [1.165, 1.54) is 23.9 Å². The van der Waals surface area contributed by atoms with Crippen molar-refractivity contribution in [2.24, 2.45) is 0 Å². The van der Waals surface area contributed by atoms with Crippen LogP contribution >= 0.6 is 11.8 Å². The molecule has 1 atom stereocenters. The molecule has 0 saturated carbocycles. The maximum Gasteiger partial charge on any atom is 0.233 e. The van der Waals surface area contributed by atoms with E-state index in [9.17, 15) is 13.6 Å². The number of nitrogens with one attached hydrogen (secondary N) is 1. The molecule has 2 nitrogen and oxygen atoms in total. The molecule has 0 fully saturated rings. The maximum absolute atomic E-state index is 13.4. The minimum Gasteiger partial charge on any atom is -0.351 e. The fraction of sp³-hybridized carbons (Fsp3) is 0.500. The first-order valence-corrected chi connectivity index (χ1v) is 7.12. The lowest BCUT2D eigenvalue weighted by atomic mass is 10.1. The summed E-state index contributed by atoms with van der Waals surface area (Å²) < 4.78 is 26.5. The summed E-state index contributed by atoms with van der Waals surface area (Å²) in [5, 5.41) is 2.54. The molecule has 0 aliphatic carbocycles. The number of amides is 1. The Morgan fingerprint density at radius 3 is 2.58 bits per heavy atom. The van der Waals surface area contributed by atoms with Crippen LogP contribution in [0.4, 0.5) is 8.78 Å². The van der Waals surface area contributed by atoms with Crippen LogP contribution in [0.3, 0.4) is 0 Å². The van der Waals surface area contributed by atoms with E-state index in [0.717, 1.165) is 6.07 Å². The highest BCUT2D eigenvalue weighted by atomic mass is 32.2. The Balaban J connectivity index is 2.57. The second kappa shape index (κ2) is 6.37. The first-order valence-electron chi connectivity index (χ1n) is 6.07. The van der Waals surface area contributed by atoms with E-state index in [4.69, 9.17) is 0 Å². The predicted octanol–water partition coefficient (Wildman–Crippen LogP) is 3.50. The van der Waals surface area contributed by atoms with Crippen molar-refractivity contribution in [2.75, 3.05) is 0 Å². The largest absolute Gasteiger partial charge is 0.351 e. The van der Waals surface area contributed by atoms with Gasteiger partial charge in [-0.15, -0.1) is 11.8 Å². The molecular formula is C14H19F2NOS. The molecule has 0 saturated heterocycles. The van der Waals surface area contributed by atoms with E-state index in [-0.39, 0.29) is 28.0 Å². The first kappa shape index (κ1) is 16.0. The molecule has 0 spiro atoms. The van der Waals surface area contributed by atoms with Crippen molar-refractivity contribution in [3.8, 4) is 0 Å². The SMILES string of the molecule is C[C@@H](SCc1cccc(F)c1F)C(=O)NC(C)(C)C. The molecule has 1 aromatic carbocycles. The van der Waals surface area contributed by atoms with Crippen LogP contribution in [0.5, 0.6) is 0 Å². The molecule has 19 heavy (non-hydrogen) atoms. The third-order valence-electron chi connectivity index (χ3n) is 2.39. The lowest BCUT2D eigenvalue weighted by molar-refractivity contribution is -0.121. The number of hydrogen-bond acceptors (Lipinski definition) is 2. The van der Waals surface area contributed by atoms with Gasteiger partial charge in [-0.25, -0.2) is 8.78 Å². The van der Waals surface area contributed by atoms with E-state index in [1.54, 1.807) is 6.92 Å². The number of halogens is 2. The Morgan fingerprint density at radius 2 is 2.00 bits per heavy atom. The highest BCUT2D eigenvalue weighted by Crippen LogP contribution is 2.21. The van der Waals surface area contributed by atoms with Gasteiger partial charge in [0, 0.05) is 16.9 Å². The van der Waals surface area contributed by atoms with Crippen LogP contribution < -0.4 is 5.32 Å². The van der Waals surface area contributed by atoms with Crippen LogP contribution in [0, 0.1) is 11.6 Å². The number of carbonyl (C=O) groups excluding carboxylic acids is 1. The van der Waals surface area contributed by atoms with Crippen molar-refractivity contribution >= 4 is 17.7 Å². The zero-order valence-electron chi connectivity index (χ0n) is 11.6. The second-order valence-electron chi connectivity index (χ2n) is 5.41. The molecule has 0 aliphatic heterocycles. The van der Waals surface area contributed by atoms with Crippen molar-refractivity contribution in [3.05, 3.63) is 35.4 Å².